The predicted molar refractivity (Wildman–Crippen MR) is 94.1 cm³/mol. The number of nitrogens with one attached hydrogen (secondary N) is 1. The molecule has 2 aromatic rings. The zero-order valence-electron chi connectivity index (χ0n) is 14.8. The third kappa shape index (κ3) is 3.28. The number of nitrogens with zero attached hydrogens (tertiary/aromatic N) is 2. The Balaban J connectivity index is 2.18. The molecule has 0 spiro atoms. The molecule has 0 fully saturated rings. The third-order valence-corrected chi connectivity index (χ3v) is 6.28. The van der Waals surface area contributed by atoms with Crippen LogP contribution in [0.3, 0.4) is 0 Å². The third-order valence-electron chi connectivity index (χ3n) is 4.51. The van der Waals surface area contributed by atoms with Gasteiger partial charge in [-0.15, -0.1) is 0 Å². The number of carbonyl (C=O) groups excluding carboxylic acids is 2. The van der Waals surface area contributed by atoms with E-state index in [1.165, 1.54) is 54.7 Å². The van der Waals surface area contributed by atoms with Gasteiger partial charge in [-0.05, 0) is 42.3 Å². The maximum absolute atomic E-state index is 13.2. The van der Waals surface area contributed by atoms with Crippen molar-refractivity contribution in [1.29, 1.82) is 0 Å². The number of hydrogen-bond acceptors (Lipinski definition) is 6. The molecule has 1 aromatic carbocycles. The fourth-order valence-corrected chi connectivity index (χ4v) is 4.64. The molecular formula is C17H19N3O6S. The molecule has 9 nitrogen and oxygen atoms in total. The standard InChI is InChI=1S/C17H19N3O6S/c1-11(21)19-8-7-12-9-15(17(22)18-23)20(16(12)10-19)27(24,25)14-5-3-13(26-2)4-6-14/h3-6,9,23H,7-8,10H2,1-2H3,(H,18,22). The minimum atomic E-state index is -4.15. The van der Waals surface area contributed by atoms with E-state index in [1.54, 1.807) is 0 Å². The van der Waals surface area contributed by atoms with Gasteiger partial charge in [-0.25, -0.2) is 17.9 Å². The summed E-state index contributed by atoms with van der Waals surface area (Å²) in [7, 11) is -2.68. The molecule has 1 aliphatic rings. The van der Waals surface area contributed by atoms with Crippen LogP contribution in [-0.4, -0.2) is 48.0 Å². The first-order chi connectivity index (χ1) is 12.8. The normalized spacial score (nSPS) is 13.8. The summed E-state index contributed by atoms with van der Waals surface area (Å²) in [5.41, 5.74) is 2.23. The van der Waals surface area contributed by atoms with Crippen LogP contribution in [0.1, 0.15) is 28.7 Å². The zero-order valence-corrected chi connectivity index (χ0v) is 15.6. The average Bonchev–Trinajstić information content (AvgIpc) is 3.06. The predicted octanol–water partition coefficient (Wildman–Crippen LogP) is 0.757. The van der Waals surface area contributed by atoms with Gasteiger partial charge in [0.05, 0.1) is 24.2 Å². The lowest BCUT2D eigenvalue weighted by Gasteiger charge is -2.27. The Labute approximate surface area is 156 Å². The van der Waals surface area contributed by atoms with Gasteiger partial charge >= 0.3 is 0 Å². The highest BCUT2D eigenvalue weighted by Crippen LogP contribution is 2.29. The second-order valence-electron chi connectivity index (χ2n) is 6.08. The number of carbonyl (C=O) groups is 2. The first-order valence-electron chi connectivity index (χ1n) is 8.12. The highest BCUT2D eigenvalue weighted by atomic mass is 32.2. The molecule has 0 atom stereocenters. The van der Waals surface area contributed by atoms with Gasteiger partial charge in [0.1, 0.15) is 11.4 Å². The Morgan fingerprint density at radius 3 is 2.44 bits per heavy atom. The molecular weight excluding hydrogens is 374 g/mol. The molecule has 0 bridgehead atoms. The van der Waals surface area contributed by atoms with E-state index >= 15 is 0 Å². The van der Waals surface area contributed by atoms with Crippen LogP contribution in [0.15, 0.2) is 35.2 Å². The summed E-state index contributed by atoms with van der Waals surface area (Å²) in [5, 5.41) is 9.03. The van der Waals surface area contributed by atoms with Crippen LogP contribution in [0.5, 0.6) is 5.75 Å². The molecule has 1 aliphatic heterocycles. The van der Waals surface area contributed by atoms with E-state index in [0.717, 1.165) is 3.97 Å². The number of fused-ring (bicyclic) bond motifs is 1. The molecule has 1 aromatic heterocycles. The van der Waals surface area contributed by atoms with Crippen molar-refractivity contribution in [3.63, 3.8) is 0 Å². The fraction of sp³-hybridized carbons (Fsp3) is 0.294. The number of rotatable bonds is 4. The molecule has 2 N–H and O–H groups in total. The van der Waals surface area contributed by atoms with E-state index in [2.05, 4.69) is 0 Å². The summed E-state index contributed by atoms with van der Waals surface area (Å²) in [6, 6.07) is 7.16. The van der Waals surface area contributed by atoms with Crippen molar-refractivity contribution >= 4 is 21.8 Å². The Kier molecular flexibility index (Phi) is 4.94. The lowest BCUT2D eigenvalue weighted by molar-refractivity contribution is -0.129. The highest BCUT2D eigenvalue weighted by molar-refractivity contribution is 7.90. The molecule has 3 rings (SSSR count). The second kappa shape index (κ2) is 7.05. The van der Waals surface area contributed by atoms with Gasteiger partial charge in [-0.1, -0.05) is 0 Å². The van der Waals surface area contributed by atoms with Crippen molar-refractivity contribution < 1.29 is 28.0 Å². The zero-order chi connectivity index (χ0) is 19.8. The first-order valence-corrected chi connectivity index (χ1v) is 9.56. The minimum absolute atomic E-state index is 0.0476. The lowest BCUT2D eigenvalue weighted by Crippen LogP contribution is -2.36. The van der Waals surface area contributed by atoms with Crippen LogP contribution in [-0.2, 0) is 27.8 Å². The van der Waals surface area contributed by atoms with Gasteiger partial charge in [0.2, 0.25) is 5.91 Å². The summed E-state index contributed by atoms with van der Waals surface area (Å²) in [4.78, 5) is 25.3. The number of hydroxylamine groups is 1. The van der Waals surface area contributed by atoms with Crippen molar-refractivity contribution in [3.8, 4) is 5.75 Å². The number of methoxy groups -OCH3 is 1. The largest absolute Gasteiger partial charge is 0.497 e. The van der Waals surface area contributed by atoms with Gasteiger partial charge in [0.15, 0.2) is 0 Å². The van der Waals surface area contributed by atoms with Crippen molar-refractivity contribution in [1.82, 2.24) is 14.4 Å². The first kappa shape index (κ1) is 18.9. The van der Waals surface area contributed by atoms with Gasteiger partial charge in [0.25, 0.3) is 15.9 Å². The van der Waals surface area contributed by atoms with Crippen molar-refractivity contribution in [2.45, 2.75) is 24.8 Å². The smallest absolute Gasteiger partial charge is 0.292 e. The van der Waals surface area contributed by atoms with E-state index in [0.29, 0.717) is 30.0 Å². The monoisotopic (exact) mass is 393 g/mol. The Hall–Kier alpha value is -2.85. The van der Waals surface area contributed by atoms with E-state index in [9.17, 15) is 18.0 Å². The van der Waals surface area contributed by atoms with E-state index in [-0.39, 0.29) is 23.0 Å². The van der Waals surface area contributed by atoms with Crippen LogP contribution >= 0.6 is 0 Å². The number of benzene rings is 1. The lowest BCUT2D eigenvalue weighted by atomic mass is 10.1. The number of hydrogen-bond donors (Lipinski definition) is 2. The summed E-state index contributed by atoms with van der Waals surface area (Å²) in [5.74, 6) is -0.654. The van der Waals surface area contributed by atoms with Crippen LogP contribution in [0, 0.1) is 0 Å². The molecule has 0 radical (unpaired) electrons. The Bertz CT molecular complexity index is 994. The maximum atomic E-state index is 13.2. The van der Waals surface area contributed by atoms with Gasteiger partial charge in [0, 0.05) is 13.5 Å². The number of aromatic nitrogens is 1. The summed E-state index contributed by atoms with van der Waals surface area (Å²) < 4.78 is 32.4. The Morgan fingerprint density at radius 1 is 1.22 bits per heavy atom. The molecule has 144 valence electrons. The Morgan fingerprint density at radius 2 is 1.89 bits per heavy atom. The van der Waals surface area contributed by atoms with Crippen molar-refractivity contribution in [2.24, 2.45) is 0 Å². The summed E-state index contributed by atoms with van der Waals surface area (Å²) in [6.07, 6.45) is 0.408. The molecule has 2 heterocycles. The van der Waals surface area contributed by atoms with Gasteiger partial charge in [-0.3, -0.25) is 14.8 Å². The minimum Gasteiger partial charge on any atom is -0.497 e. The molecule has 27 heavy (non-hydrogen) atoms. The molecule has 0 saturated heterocycles. The number of ether oxygens (including phenoxy) is 1. The van der Waals surface area contributed by atoms with E-state index in [4.69, 9.17) is 9.94 Å². The van der Waals surface area contributed by atoms with Crippen LogP contribution < -0.4 is 10.2 Å². The fourth-order valence-electron chi connectivity index (χ4n) is 3.09. The van der Waals surface area contributed by atoms with Crippen LogP contribution in [0.25, 0.3) is 0 Å². The van der Waals surface area contributed by atoms with Crippen LogP contribution in [0.4, 0.5) is 0 Å². The topological polar surface area (TPSA) is 118 Å². The molecule has 10 heteroatoms. The van der Waals surface area contributed by atoms with Gasteiger partial charge < -0.3 is 9.64 Å². The van der Waals surface area contributed by atoms with E-state index < -0.39 is 15.9 Å². The second-order valence-corrected chi connectivity index (χ2v) is 7.86. The highest BCUT2D eigenvalue weighted by Gasteiger charge is 2.32. The summed E-state index contributed by atoms with van der Waals surface area (Å²) in [6.45, 7) is 1.88. The molecule has 0 aliphatic carbocycles. The van der Waals surface area contributed by atoms with Crippen LogP contribution in [0.2, 0.25) is 0 Å². The number of amides is 2. The van der Waals surface area contributed by atoms with E-state index in [1.807, 2.05) is 0 Å². The van der Waals surface area contributed by atoms with Gasteiger partial charge in [-0.2, -0.15) is 0 Å². The molecule has 0 unspecified atom stereocenters. The van der Waals surface area contributed by atoms with Crippen molar-refractivity contribution in [2.75, 3.05) is 13.7 Å². The quantitative estimate of drug-likeness (QED) is 0.585. The average molecular weight is 393 g/mol. The summed E-state index contributed by atoms with van der Waals surface area (Å²) >= 11 is 0. The molecule has 2 amide bonds. The molecule has 0 saturated carbocycles. The maximum Gasteiger partial charge on any atom is 0.292 e. The van der Waals surface area contributed by atoms with Crippen molar-refractivity contribution in [3.05, 3.63) is 47.3 Å². The SMILES string of the molecule is COc1ccc(S(=O)(=O)n2c(C(=O)NO)cc3c2CN(C(C)=O)CC3)cc1.